The van der Waals surface area contributed by atoms with Crippen LogP contribution in [0.4, 0.5) is 0 Å². The van der Waals surface area contributed by atoms with Crippen LogP contribution >= 0.6 is 23.4 Å². The molecule has 0 fully saturated rings. The van der Waals surface area contributed by atoms with Gasteiger partial charge in [0.1, 0.15) is 0 Å². The second kappa shape index (κ2) is 8.78. The molecular formula is C24H19ClN2O2S. The van der Waals surface area contributed by atoms with Crippen LogP contribution in [-0.4, -0.2) is 15.7 Å². The van der Waals surface area contributed by atoms with Gasteiger partial charge in [-0.15, -0.1) is 0 Å². The van der Waals surface area contributed by atoms with Gasteiger partial charge in [-0.25, -0.2) is 4.79 Å². The Labute approximate surface area is 184 Å². The van der Waals surface area contributed by atoms with Crippen molar-refractivity contribution >= 4 is 29.3 Å². The van der Waals surface area contributed by atoms with Crippen molar-refractivity contribution in [2.45, 2.75) is 23.6 Å². The third-order valence-electron chi connectivity index (χ3n) is 4.44. The highest BCUT2D eigenvalue weighted by Crippen LogP contribution is 2.39. The number of esters is 1. The number of hydrogen-bond acceptors (Lipinski definition) is 4. The molecule has 4 nitrogen and oxygen atoms in total. The predicted octanol–water partition coefficient (Wildman–Crippen LogP) is 6.51. The first-order valence-corrected chi connectivity index (χ1v) is 10.6. The number of halogens is 1. The average Bonchev–Trinajstić information content (AvgIpc) is 3.05. The first kappa shape index (κ1) is 20.3. The summed E-state index contributed by atoms with van der Waals surface area (Å²) in [4.78, 5) is 14.7. The average molecular weight is 435 g/mol. The Morgan fingerprint density at radius 3 is 2.40 bits per heavy atom. The zero-order valence-electron chi connectivity index (χ0n) is 16.5. The topological polar surface area (TPSA) is 44.1 Å². The van der Waals surface area contributed by atoms with E-state index in [1.165, 1.54) is 11.8 Å². The molecule has 6 heteroatoms. The molecule has 0 aliphatic carbocycles. The third-order valence-corrected chi connectivity index (χ3v) is 5.88. The molecule has 4 rings (SSSR count). The monoisotopic (exact) mass is 434 g/mol. The molecule has 0 aliphatic rings. The maximum Gasteiger partial charge on any atom is 0.344 e. The normalized spacial score (nSPS) is 10.8. The van der Waals surface area contributed by atoms with E-state index in [1.807, 2.05) is 86.6 Å². The minimum atomic E-state index is -0.422. The second-order valence-electron chi connectivity index (χ2n) is 6.78. The lowest BCUT2D eigenvalue weighted by atomic mass is 10.1. The molecule has 1 aromatic heterocycles. The molecule has 0 N–H and O–H groups in total. The van der Waals surface area contributed by atoms with Crippen LogP contribution in [0.5, 0.6) is 5.88 Å². The van der Waals surface area contributed by atoms with E-state index in [0.29, 0.717) is 16.5 Å². The summed E-state index contributed by atoms with van der Waals surface area (Å²) in [5, 5.41) is 5.32. The van der Waals surface area contributed by atoms with Crippen LogP contribution in [-0.2, 0) is 0 Å². The van der Waals surface area contributed by atoms with Gasteiger partial charge in [0.2, 0.25) is 5.88 Å². The van der Waals surface area contributed by atoms with E-state index in [4.69, 9.17) is 16.3 Å². The van der Waals surface area contributed by atoms with Crippen molar-refractivity contribution in [2.75, 3.05) is 0 Å². The number of benzene rings is 3. The van der Waals surface area contributed by atoms with Gasteiger partial charge in [0.25, 0.3) is 0 Å². The van der Waals surface area contributed by atoms with Gasteiger partial charge in [0.05, 0.1) is 21.8 Å². The molecule has 0 bridgehead atoms. The highest BCUT2D eigenvalue weighted by atomic mass is 35.5. The number of ether oxygens (including phenoxy) is 1. The van der Waals surface area contributed by atoms with Crippen molar-refractivity contribution in [1.82, 2.24) is 9.78 Å². The molecule has 1 heterocycles. The number of hydrogen-bond donors (Lipinski definition) is 0. The van der Waals surface area contributed by atoms with Crippen LogP contribution in [0.2, 0.25) is 5.02 Å². The molecule has 0 spiro atoms. The Bertz CT molecular complexity index is 1190. The predicted molar refractivity (Wildman–Crippen MR) is 120 cm³/mol. The summed E-state index contributed by atoms with van der Waals surface area (Å²) >= 11 is 7.50. The Kier molecular flexibility index (Phi) is 5.93. The summed E-state index contributed by atoms with van der Waals surface area (Å²) in [6.07, 6.45) is 0. The lowest BCUT2D eigenvalue weighted by Crippen LogP contribution is -2.12. The lowest BCUT2D eigenvalue weighted by molar-refractivity contribution is 0.0718. The van der Waals surface area contributed by atoms with E-state index in [-0.39, 0.29) is 0 Å². The molecule has 0 aliphatic heterocycles. The van der Waals surface area contributed by atoms with Crippen LogP contribution in [0, 0.1) is 13.8 Å². The van der Waals surface area contributed by atoms with E-state index >= 15 is 0 Å². The molecular weight excluding hydrogens is 416 g/mol. The molecule has 30 heavy (non-hydrogen) atoms. The van der Waals surface area contributed by atoms with E-state index in [9.17, 15) is 4.79 Å². The van der Waals surface area contributed by atoms with E-state index < -0.39 is 5.97 Å². The van der Waals surface area contributed by atoms with Crippen molar-refractivity contribution in [1.29, 1.82) is 0 Å². The fraction of sp³-hybridized carbons (Fsp3) is 0.0833. The summed E-state index contributed by atoms with van der Waals surface area (Å²) < 4.78 is 7.57. The van der Waals surface area contributed by atoms with E-state index in [2.05, 4.69) is 5.10 Å². The molecule has 3 aromatic carbocycles. The van der Waals surface area contributed by atoms with Gasteiger partial charge < -0.3 is 4.74 Å². The molecule has 0 atom stereocenters. The Morgan fingerprint density at radius 2 is 1.70 bits per heavy atom. The molecule has 0 saturated heterocycles. The summed E-state index contributed by atoms with van der Waals surface area (Å²) in [7, 11) is 0. The van der Waals surface area contributed by atoms with Gasteiger partial charge in [-0.05, 0) is 62.4 Å². The van der Waals surface area contributed by atoms with Crippen molar-refractivity contribution in [2.24, 2.45) is 0 Å². The van der Waals surface area contributed by atoms with Crippen LogP contribution in [0.3, 0.4) is 0 Å². The summed E-state index contributed by atoms with van der Waals surface area (Å²) in [5.74, 6) is -0.0288. The smallest absolute Gasteiger partial charge is 0.344 e. The van der Waals surface area contributed by atoms with Crippen molar-refractivity contribution < 1.29 is 9.53 Å². The number of carbonyl (C=O) groups is 1. The molecule has 150 valence electrons. The number of aryl methyl sites for hydroxylation is 2. The highest BCUT2D eigenvalue weighted by molar-refractivity contribution is 7.99. The number of aromatic nitrogens is 2. The van der Waals surface area contributed by atoms with Gasteiger partial charge in [0.15, 0.2) is 0 Å². The quantitative estimate of drug-likeness (QED) is 0.336. The minimum absolute atomic E-state index is 0.394. The van der Waals surface area contributed by atoms with Crippen molar-refractivity contribution in [3.63, 3.8) is 0 Å². The Balaban J connectivity index is 1.76. The third kappa shape index (κ3) is 4.42. The molecule has 0 saturated carbocycles. The maximum absolute atomic E-state index is 12.9. The summed E-state index contributed by atoms with van der Waals surface area (Å²) in [6, 6.07) is 24.5. The van der Waals surface area contributed by atoms with E-state index in [0.717, 1.165) is 26.7 Å². The number of carbonyl (C=O) groups excluding carboxylic acids is 1. The SMILES string of the molecule is Cc1cccc(C(=O)Oc2c(Sc3ccc(Cl)cc3)c(C)nn2-c2ccccc2)c1. The number of rotatable bonds is 5. The molecule has 0 unspecified atom stereocenters. The van der Waals surface area contributed by atoms with Crippen molar-refractivity contribution in [3.05, 3.63) is 101 Å². The van der Waals surface area contributed by atoms with Gasteiger partial charge in [-0.1, -0.05) is 59.3 Å². The number of nitrogens with zero attached hydrogens (tertiary/aromatic N) is 2. The fourth-order valence-corrected chi connectivity index (χ4v) is 4.02. The zero-order valence-corrected chi connectivity index (χ0v) is 18.1. The number of para-hydroxylation sites is 1. The summed E-state index contributed by atoms with van der Waals surface area (Å²) in [5.41, 5.74) is 3.07. The molecule has 0 radical (unpaired) electrons. The van der Waals surface area contributed by atoms with Crippen LogP contribution in [0.15, 0.2) is 88.7 Å². The van der Waals surface area contributed by atoms with Crippen LogP contribution in [0.25, 0.3) is 5.69 Å². The maximum atomic E-state index is 12.9. The Hall–Kier alpha value is -3.02. The van der Waals surface area contributed by atoms with Gasteiger partial charge >= 0.3 is 5.97 Å². The second-order valence-corrected chi connectivity index (χ2v) is 8.30. The van der Waals surface area contributed by atoms with Crippen molar-refractivity contribution in [3.8, 4) is 11.6 Å². The first-order valence-electron chi connectivity index (χ1n) is 9.38. The standard InChI is InChI=1S/C24H19ClN2O2S/c1-16-7-6-8-18(15-16)24(28)29-23-22(30-21-13-11-19(25)12-14-21)17(2)26-27(23)20-9-4-3-5-10-20/h3-15H,1-2H3. The van der Waals surface area contributed by atoms with Gasteiger partial charge in [0, 0.05) is 9.92 Å². The first-order chi connectivity index (χ1) is 14.5. The Morgan fingerprint density at radius 1 is 0.967 bits per heavy atom. The fourth-order valence-electron chi connectivity index (χ4n) is 2.98. The van der Waals surface area contributed by atoms with Crippen LogP contribution < -0.4 is 4.74 Å². The molecule has 4 aromatic rings. The minimum Gasteiger partial charge on any atom is -0.402 e. The lowest BCUT2D eigenvalue weighted by Gasteiger charge is -2.10. The van der Waals surface area contributed by atoms with Gasteiger partial charge in [-0.2, -0.15) is 9.78 Å². The van der Waals surface area contributed by atoms with E-state index in [1.54, 1.807) is 10.7 Å². The zero-order chi connectivity index (χ0) is 21.1. The highest BCUT2D eigenvalue weighted by Gasteiger charge is 2.22. The molecule has 0 amide bonds. The largest absolute Gasteiger partial charge is 0.402 e. The summed E-state index contributed by atoms with van der Waals surface area (Å²) in [6.45, 7) is 3.85. The van der Waals surface area contributed by atoms with Crippen LogP contribution in [0.1, 0.15) is 21.6 Å². The van der Waals surface area contributed by atoms with Gasteiger partial charge in [-0.3, -0.25) is 0 Å².